The molecule has 156 valence electrons. The number of nitrogens with zero attached hydrogens (tertiary/aromatic N) is 4. The first-order valence-corrected chi connectivity index (χ1v) is 10.8. The third kappa shape index (κ3) is 4.51. The fourth-order valence-electron chi connectivity index (χ4n) is 3.72. The number of carbonyl (C=O) groups excluding carboxylic acids is 1. The lowest BCUT2D eigenvalue weighted by molar-refractivity contribution is -0.114. The SMILES string of the molecule is CC(=O)Nc1nc(F)c(CN2CC(Oc3cnc(N4CCC4)cc3C)CC2C)s1. The van der Waals surface area contributed by atoms with E-state index in [-0.39, 0.29) is 18.1 Å². The molecule has 7 nitrogen and oxygen atoms in total. The summed E-state index contributed by atoms with van der Waals surface area (Å²) < 4.78 is 20.4. The molecule has 9 heteroatoms. The molecule has 2 aromatic heterocycles. The van der Waals surface area contributed by atoms with Crippen molar-refractivity contribution in [2.75, 3.05) is 29.9 Å². The molecule has 4 rings (SSSR count). The minimum absolute atomic E-state index is 0.0335. The largest absolute Gasteiger partial charge is 0.487 e. The molecule has 2 aliphatic heterocycles. The number of anilines is 2. The third-order valence-corrected chi connectivity index (χ3v) is 6.40. The Labute approximate surface area is 173 Å². The van der Waals surface area contributed by atoms with Gasteiger partial charge in [-0.05, 0) is 31.9 Å². The van der Waals surface area contributed by atoms with Crippen LogP contribution >= 0.6 is 11.3 Å². The molecule has 29 heavy (non-hydrogen) atoms. The second kappa shape index (κ2) is 8.23. The molecule has 2 unspecified atom stereocenters. The molecule has 0 bridgehead atoms. The molecule has 0 saturated carbocycles. The van der Waals surface area contributed by atoms with Gasteiger partial charge >= 0.3 is 0 Å². The van der Waals surface area contributed by atoms with Gasteiger partial charge in [0.05, 0.1) is 11.1 Å². The van der Waals surface area contributed by atoms with Gasteiger partial charge in [-0.2, -0.15) is 9.37 Å². The molecule has 0 aliphatic carbocycles. The fraction of sp³-hybridized carbons (Fsp3) is 0.550. The fourth-order valence-corrected chi connectivity index (χ4v) is 4.63. The number of hydrogen-bond acceptors (Lipinski definition) is 7. The van der Waals surface area contributed by atoms with Gasteiger partial charge in [0.25, 0.3) is 0 Å². The van der Waals surface area contributed by atoms with E-state index < -0.39 is 5.95 Å². The molecule has 0 spiro atoms. The molecule has 4 heterocycles. The zero-order valence-corrected chi connectivity index (χ0v) is 17.8. The Balaban J connectivity index is 1.37. The first-order chi connectivity index (χ1) is 13.9. The average Bonchev–Trinajstić information content (AvgIpc) is 3.10. The number of ether oxygens (including phenoxy) is 1. The molecule has 0 radical (unpaired) electrons. The van der Waals surface area contributed by atoms with Crippen molar-refractivity contribution in [2.24, 2.45) is 0 Å². The number of pyridine rings is 1. The molecule has 2 saturated heterocycles. The lowest BCUT2D eigenvalue weighted by Crippen LogP contribution is -2.37. The summed E-state index contributed by atoms with van der Waals surface area (Å²) >= 11 is 1.18. The number of hydrogen-bond donors (Lipinski definition) is 1. The second-order valence-corrected chi connectivity index (χ2v) is 8.90. The van der Waals surface area contributed by atoms with E-state index in [1.165, 1.54) is 24.7 Å². The van der Waals surface area contributed by atoms with Crippen molar-refractivity contribution in [2.45, 2.75) is 52.3 Å². The van der Waals surface area contributed by atoms with Crippen molar-refractivity contribution >= 4 is 28.2 Å². The van der Waals surface area contributed by atoms with Gasteiger partial charge in [0.2, 0.25) is 11.9 Å². The van der Waals surface area contributed by atoms with Gasteiger partial charge in [0.1, 0.15) is 17.7 Å². The number of aromatic nitrogens is 2. The standard InChI is InChI=1S/C20H26FN5O2S/c1-12-7-18(25-5-4-6-25)22-9-16(12)28-15-8-13(2)26(10-15)11-17-19(21)24-20(29-17)23-14(3)27/h7,9,13,15H,4-6,8,10-11H2,1-3H3,(H,23,24,27). The highest BCUT2D eigenvalue weighted by Crippen LogP contribution is 2.30. The number of thiazole rings is 1. The van der Waals surface area contributed by atoms with Crippen molar-refractivity contribution in [3.8, 4) is 5.75 Å². The van der Waals surface area contributed by atoms with Crippen LogP contribution in [0.2, 0.25) is 0 Å². The number of carbonyl (C=O) groups is 1. The molecule has 1 amide bonds. The average molecular weight is 420 g/mol. The highest BCUT2D eigenvalue weighted by molar-refractivity contribution is 7.15. The van der Waals surface area contributed by atoms with Crippen LogP contribution in [0, 0.1) is 12.9 Å². The topological polar surface area (TPSA) is 70.6 Å². The van der Waals surface area contributed by atoms with Gasteiger partial charge in [0, 0.05) is 45.6 Å². The van der Waals surface area contributed by atoms with Gasteiger partial charge < -0.3 is 15.0 Å². The van der Waals surface area contributed by atoms with Gasteiger partial charge in [0.15, 0.2) is 5.13 Å². The number of nitrogens with one attached hydrogen (secondary N) is 1. The van der Waals surface area contributed by atoms with Crippen molar-refractivity contribution < 1.29 is 13.9 Å². The number of likely N-dealkylation sites (tertiary alicyclic amines) is 1. The Morgan fingerprint density at radius 3 is 2.90 bits per heavy atom. The van der Waals surface area contributed by atoms with Crippen molar-refractivity contribution in [1.82, 2.24) is 14.9 Å². The van der Waals surface area contributed by atoms with Crippen LogP contribution < -0.4 is 15.0 Å². The summed E-state index contributed by atoms with van der Waals surface area (Å²) in [7, 11) is 0. The lowest BCUT2D eigenvalue weighted by Gasteiger charge is -2.32. The first-order valence-electron chi connectivity index (χ1n) is 9.94. The smallest absolute Gasteiger partial charge is 0.230 e. The van der Waals surface area contributed by atoms with Crippen LogP contribution in [0.25, 0.3) is 0 Å². The van der Waals surface area contributed by atoms with Crippen molar-refractivity contribution in [3.05, 3.63) is 28.7 Å². The maximum absolute atomic E-state index is 14.2. The number of aryl methyl sites for hydroxylation is 1. The van der Waals surface area contributed by atoms with Gasteiger partial charge in [-0.25, -0.2) is 4.98 Å². The summed E-state index contributed by atoms with van der Waals surface area (Å²) in [6, 6.07) is 2.35. The van der Waals surface area contributed by atoms with Crippen molar-refractivity contribution in [3.63, 3.8) is 0 Å². The molecule has 1 N–H and O–H groups in total. The minimum atomic E-state index is -0.517. The predicted octanol–water partition coefficient (Wildman–Crippen LogP) is 3.20. The van der Waals surface area contributed by atoms with Crippen LogP contribution in [0.15, 0.2) is 12.3 Å². The van der Waals surface area contributed by atoms with E-state index in [4.69, 9.17) is 4.74 Å². The molecule has 2 aromatic rings. The zero-order chi connectivity index (χ0) is 20.5. The quantitative estimate of drug-likeness (QED) is 0.775. The molecular weight excluding hydrogens is 393 g/mol. The van der Waals surface area contributed by atoms with Crippen LogP contribution in [0.3, 0.4) is 0 Å². The van der Waals surface area contributed by atoms with Gasteiger partial charge in [-0.15, -0.1) is 0 Å². The Kier molecular flexibility index (Phi) is 5.69. The number of halogens is 1. The van der Waals surface area contributed by atoms with E-state index in [2.05, 4.69) is 38.1 Å². The van der Waals surface area contributed by atoms with E-state index in [0.29, 0.717) is 23.1 Å². The second-order valence-electron chi connectivity index (χ2n) is 7.82. The monoisotopic (exact) mass is 419 g/mol. The number of amides is 1. The van der Waals surface area contributed by atoms with Crippen LogP contribution in [-0.2, 0) is 11.3 Å². The Morgan fingerprint density at radius 1 is 1.45 bits per heavy atom. The highest BCUT2D eigenvalue weighted by Gasteiger charge is 2.32. The van der Waals surface area contributed by atoms with E-state index in [1.54, 1.807) is 0 Å². The zero-order valence-electron chi connectivity index (χ0n) is 16.9. The van der Waals surface area contributed by atoms with E-state index >= 15 is 0 Å². The van der Waals surface area contributed by atoms with Crippen LogP contribution in [-0.4, -0.2) is 52.6 Å². The molecule has 2 atom stereocenters. The first kappa shape index (κ1) is 20.0. The van der Waals surface area contributed by atoms with Crippen molar-refractivity contribution in [1.29, 1.82) is 0 Å². The Bertz CT molecular complexity index is 901. The third-order valence-electron chi connectivity index (χ3n) is 5.47. The summed E-state index contributed by atoms with van der Waals surface area (Å²) in [5, 5.41) is 2.85. The van der Waals surface area contributed by atoms with Crippen LogP contribution in [0.5, 0.6) is 5.75 Å². The van der Waals surface area contributed by atoms with E-state index in [1.807, 2.05) is 13.1 Å². The lowest BCUT2D eigenvalue weighted by atomic mass is 10.2. The summed E-state index contributed by atoms with van der Waals surface area (Å²) in [6.45, 7) is 8.85. The maximum atomic E-state index is 14.2. The minimum Gasteiger partial charge on any atom is -0.487 e. The molecule has 2 fully saturated rings. The normalized spacial score (nSPS) is 21.9. The summed E-state index contributed by atoms with van der Waals surface area (Å²) in [5.41, 5.74) is 1.08. The van der Waals surface area contributed by atoms with Gasteiger partial charge in [-0.1, -0.05) is 11.3 Å². The van der Waals surface area contributed by atoms with Crippen LogP contribution in [0.1, 0.15) is 37.1 Å². The molecular formula is C20H26FN5O2S. The summed E-state index contributed by atoms with van der Waals surface area (Å²) in [4.78, 5) is 24.5. The summed E-state index contributed by atoms with van der Waals surface area (Å²) in [6.07, 6.45) is 3.94. The van der Waals surface area contributed by atoms with Crippen LogP contribution in [0.4, 0.5) is 15.3 Å². The highest BCUT2D eigenvalue weighted by atomic mass is 32.1. The van der Waals surface area contributed by atoms with Gasteiger partial charge in [-0.3, -0.25) is 9.69 Å². The molecule has 0 aromatic carbocycles. The van der Waals surface area contributed by atoms with E-state index in [0.717, 1.165) is 36.6 Å². The van der Waals surface area contributed by atoms with E-state index in [9.17, 15) is 9.18 Å². The Hall–Kier alpha value is -2.26. The Morgan fingerprint density at radius 2 is 2.24 bits per heavy atom. The predicted molar refractivity (Wildman–Crippen MR) is 111 cm³/mol. The number of rotatable bonds is 6. The summed E-state index contributed by atoms with van der Waals surface area (Å²) in [5.74, 6) is 1.05. The molecule has 2 aliphatic rings. The maximum Gasteiger partial charge on any atom is 0.230 e.